The lowest BCUT2D eigenvalue weighted by atomic mass is 9.90. The molecule has 23 heavy (non-hydrogen) atoms. The van der Waals surface area contributed by atoms with Crippen molar-refractivity contribution in [2.75, 3.05) is 13.5 Å². The van der Waals surface area contributed by atoms with Crippen LogP contribution in [0.1, 0.15) is 26.3 Å². The fraction of sp³-hybridized carbons (Fsp3) is 0.533. The monoisotopic (exact) mass is 345 g/mol. The molecule has 0 radical (unpaired) electrons. The minimum Gasteiger partial charge on any atom is -0.480 e. The Kier molecular flexibility index (Phi) is 6.77. The summed E-state index contributed by atoms with van der Waals surface area (Å²) in [5, 5.41) is 21.1. The zero-order chi connectivity index (χ0) is 17.7. The van der Waals surface area contributed by atoms with Gasteiger partial charge in [0.25, 0.3) is 0 Å². The third-order valence-corrected chi connectivity index (χ3v) is 5.57. The normalized spacial score (nSPS) is 16.6. The molecule has 0 saturated carbocycles. The molecule has 1 aromatic rings. The fourth-order valence-corrected chi connectivity index (χ4v) is 3.88. The van der Waals surface area contributed by atoms with Crippen molar-refractivity contribution in [2.24, 2.45) is 5.92 Å². The highest BCUT2D eigenvalue weighted by Gasteiger charge is 2.43. The maximum atomic E-state index is 13.0. The van der Waals surface area contributed by atoms with Gasteiger partial charge in [0.15, 0.2) is 0 Å². The molecule has 0 bridgehead atoms. The first-order chi connectivity index (χ1) is 10.7. The molecule has 0 aliphatic rings. The van der Waals surface area contributed by atoms with Crippen molar-refractivity contribution >= 4 is 13.5 Å². The van der Waals surface area contributed by atoms with Gasteiger partial charge >= 0.3 is 13.5 Å². The van der Waals surface area contributed by atoms with E-state index in [9.17, 15) is 14.5 Å². The lowest BCUT2D eigenvalue weighted by molar-refractivity contribution is -0.145. The molecule has 0 aliphatic heterocycles. The van der Waals surface area contributed by atoms with Crippen LogP contribution in [0.15, 0.2) is 24.3 Å². The number of carbonyl (C=O) groups is 1. The zero-order valence-electron chi connectivity index (χ0n) is 13.8. The van der Waals surface area contributed by atoms with E-state index in [2.05, 4.69) is 5.09 Å². The highest BCUT2D eigenvalue weighted by molar-refractivity contribution is 7.57. The van der Waals surface area contributed by atoms with Crippen molar-refractivity contribution < 1.29 is 28.8 Å². The first kappa shape index (κ1) is 19.6. The number of benzene rings is 1. The van der Waals surface area contributed by atoms with Gasteiger partial charge in [-0.15, -0.1) is 0 Å². The van der Waals surface area contributed by atoms with Crippen LogP contribution in [-0.4, -0.2) is 35.2 Å². The molecule has 1 aromatic carbocycles. The Morgan fingerprint density at radius 1 is 1.35 bits per heavy atom. The molecule has 2 atom stereocenters. The average molecular weight is 345 g/mol. The number of methoxy groups -OCH3 is 1. The molecule has 3 N–H and O–H groups in total. The summed E-state index contributed by atoms with van der Waals surface area (Å²) in [4.78, 5) is 11.6. The largest absolute Gasteiger partial charge is 0.480 e. The van der Waals surface area contributed by atoms with Crippen LogP contribution in [0.5, 0.6) is 5.75 Å². The van der Waals surface area contributed by atoms with Gasteiger partial charge in [-0.3, -0.25) is 9.36 Å². The summed E-state index contributed by atoms with van der Waals surface area (Å²) in [6.45, 7) is 4.78. The molecule has 0 fully saturated rings. The maximum Gasteiger partial charge on any atom is 0.342 e. The van der Waals surface area contributed by atoms with Crippen LogP contribution in [0.2, 0.25) is 0 Å². The number of ether oxygens (including phenoxy) is 1. The molecule has 0 aliphatic carbocycles. The van der Waals surface area contributed by atoms with E-state index in [0.29, 0.717) is 11.3 Å². The smallest absolute Gasteiger partial charge is 0.342 e. The molecule has 7 nitrogen and oxygen atoms in total. The fourth-order valence-electron chi connectivity index (χ4n) is 1.86. The molecule has 8 heteroatoms. The molecule has 2 unspecified atom stereocenters. The van der Waals surface area contributed by atoms with Gasteiger partial charge in [0.05, 0.1) is 6.61 Å². The van der Waals surface area contributed by atoms with E-state index < -0.39 is 19.0 Å². The van der Waals surface area contributed by atoms with E-state index in [4.69, 9.17) is 14.4 Å². The number of aliphatic hydroxyl groups is 1. The summed E-state index contributed by atoms with van der Waals surface area (Å²) in [6, 6.07) is 6.38. The van der Waals surface area contributed by atoms with Gasteiger partial charge in [-0.1, -0.05) is 26.0 Å². The molecule has 0 heterocycles. The van der Waals surface area contributed by atoms with Crippen LogP contribution in [-0.2, 0) is 20.7 Å². The van der Waals surface area contributed by atoms with Crippen LogP contribution in [0.4, 0.5) is 0 Å². The van der Waals surface area contributed by atoms with Crippen LogP contribution < -0.4 is 9.61 Å². The summed E-state index contributed by atoms with van der Waals surface area (Å²) in [5.74, 6) is -1.15. The average Bonchev–Trinajstić information content (AvgIpc) is 2.47. The van der Waals surface area contributed by atoms with E-state index >= 15 is 0 Å². The number of carboxylic acids is 1. The summed E-state index contributed by atoms with van der Waals surface area (Å²) in [5.41, 5.74) is -0.747. The van der Waals surface area contributed by atoms with E-state index in [-0.39, 0.29) is 18.9 Å². The van der Waals surface area contributed by atoms with Crippen molar-refractivity contribution in [3.05, 3.63) is 29.8 Å². The number of nitrogens with one attached hydrogen (secondary N) is 1. The number of carboxylic acid groups (broad SMARTS) is 1. The summed E-state index contributed by atoms with van der Waals surface area (Å²) in [6.07, 6.45) is -0.273. The van der Waals surface area contributed by atoms with Crippen molar-refractivity contribution in [1.29, 1.82) is 0 Å². The molecular weight excluding hydrogens is 321 g/mol. The molecule has 0 aromatic heterocycles. The molecule has 0 amide bonds. The molecule has 0 saturated heterocycles. The van der Waals surface area contributed by atoms with Crippen molar-refractivity contribution in [3.63, 3.8) is 0 Å². The number of rotatable bonds is 9. The second kappa shape index (κ2) is 7.93. The van der Waals surface area contributed by atoms with Gasteiger partial charge < -0.3 is 19.5 Å². The highest BCUT2D eigenvalue weighted by Crippen LogP contribution is 2.46. The minimum absolute atomic E-state index is 0.112. The lowest BCUT2D eigenvalue weighted by Gasteiger charge is -2.34. The van der Waals surface area contributed by atoms with Crippen LogP contribution in [0.3, 0.4) is 0 Å². The van der Waals surface area contributed by atoms with Gasteiger partial charge in [0.1, 0.15) is 17.6 Å². The Bertz CT molecular complexity index is 574. The van der Waals surface area contributed by atoms with Gasteiger partial charge in [-0.2, -0.15) is 0 Å². The Balaban J connectivity index is 3.05. The Hall–Kier alpha value is -1.40. The number of aliphatic hydroxyl groups excluding tert-OH is 1. The number of hydrogen-bond donors (Lipinski definition) is 3. The predicted octanol–water partition coefficient (Wildman–Crippen LogP) is 2.44. The quantitative estimate of drug-likeness (QED) is 0.590. The molecule has 1 rings (SSSR count). The number of hydrogen-bond acceptors (Lipinski definition) is 5. The maximum absolute atomic E-state index is 13.0. The summed E-state index contributed by atoms with van der Waals surface area (Å²) >= 11 is 0. The van der Waals surface area contributed by atoms with Crippen LogP contribution in [0.25, 0.3) is 0 Å². The SMILES string of the molecule is COCP(=O)(NC(C)(C(=O)O)C(C)C)Oc1ccc(CO)cc1. The first-order valence-electron chi connectivity index (χ1n) is 7.17. The lowest BCUT2D eigenvalue weighted by Crippen LogP contribution is -2.52. The summed E-state index contributed by atoms with van der Waals surface area (Å²) < 4.78 is 23.4. The second-order valence-corrected chi connectivity index (χ2v) is 7.77. The first-order valence-corrected chi connectivity index (χ1v) is 8.98. The third-order valence-electron chi connectivity index (χ3n) is 3.66. The second-order valence-electron chi connectivity index (χ2n) is 5.76. The Morgan fingerprint density at radius 2 is 1.91 bits per heavy atom. The van der Waals surface area contributed by atoms with E-state index in [1.54, 1.807) is 38.1 Å². The van der Waals surface area contributed by atoms with E-state index in [1.807, 2.05) is 0 Å². The Labute approximate surface area is 136 Å². The van der Waals surface area contributed by atoms with Crippen molar-refractivity contribution in [3.8, 4) is 5.75 Å². The zero-order valence-corrected chi connectivity index (χ0v) is 14.7. The van der Waals surface area contributed by atoms with Crippen LogP contribution >= 0.6 is 7.52 Å². The molecular formula is C15H24NO6P. The van der Waals surface area contributed by atoms with Crippen molar-refractivity contribution in [2.45, 2.75) is 32.9 Å². The summed E-state index contributed by atoms with van der Waals surface area (Å²) in [7, 11) is -2.25. The topological polar surface area (TPSA) is 105 Å². The Morgan fingerprint density at radius 3 is 2.30 bits per heavy atom. The van der Waals surface area contributed by atoms with Gasteiger partial charge in [-0.05, 0) is 30.5 Å². The third kappa shape index (κ3) is 5.04. The van der Waals surface area contributed by atoms with Crippen LogP contribution in [0, 0.1) is 5.92 Å². The van der Waals surface area contributed by atoms with Gasteiger partial charge in [-0.25, -0.2) is 5.09 Å². The molecule has 0 spiro atoms. The minimum atomic E-state index is -3.61. The van der Waals surface area contributed by atoms with E-state index in [0.717, 1.165) is 0 Å². The van der Waals surface area contributed by atoms with Crippen molar-refractivity contribution in [1.82, 2.24) is 5.09 Å². The standard InChI is InChI=1S/C15H24NO6P/c1-11(2)15(3,14(18)19)16-23(20,10-21-4)22-13-7-5-12(9-17)6-8-13/h5-8,11,17H,9-10H2,1-4H3,(H,16,20)(H,18,19). The number of aliphatic carboxylic acids is 1. The predicted molar refractivity (Wildman–Crippen MR) is 86.5 cm³/mol. The highest BCUT2D eigenvalue weighted by atomic mass is 31.2. The molecule has 130 valence electrons. The van der Waals surface area contributed by atoms with Gasteiger partial charge in [0, 0.05) is 7.11 Å². The van der Waals surface area contributed by atoms with Gasteiger partial charge in [0.2, 0.25) is 0 Å². The van der Waals surface area contributed by atoms with E-state index in [1.165, 1.54) is 14.0 Å².